The third kappa shape index (κ3) is 5.64. The molecule has 26 heavy (non-hydrogen) atoms. The summed E-state index contributed by atoms with van der Waals surface area (Å²) in [7, 11) is 0. The van der Waals surface area contributed by atoms with Crippen LogP contribution in [-0.4, -0.2) is 49.3 Å². The van der Waals surface area contributed by atoms with Crippen LogP contribution < -0.4 is 10.6 Å². The molecule has 1 aromatic carbocycles. The van der Waals surface area contributed by atoms with Gasteiger partial charge < -0.3 is 20.3 Å². The van der Waals surface area contributed by atoms with Crippen LogP contribution in [0.4, 0.5) is 9.59 Å². The molecule has 0 bridgehead atoms. The molecule has 0 aromatic heterocycles. The Morgan fingerprint density at radius 2 is 1.81 bits per heavy atom. The van der Waals surface area contributed by atoms with E-state index in [0.29, 0.717) is 26.2 Å². The van der Waals surface area contributed by atoms with Crippen LogP contribution in [0, 0.1) is 6.92 Å². The average Bonchev–Trinajstić information content (AvgIpc) is 2.61. The second kappa shape index (κ2) is 8.92. The normalized spacial score (nSPS) is 15.5. The number of amides is 3. The molecule has 1 aromatic rings. The molecular formula is C20H31N3O3. The van der Waals surface area contributed by atoms with Gasteiger partial charge in [-0.15, -0.1) is 0 Å². The molecule has 6 heteroatoms. The lowest BCUT2D eigenvalue weighted by molar-refractivity contribution is 0.0957. The van der Waals surface area contributed by atoms with Crippen molar-refractivity contribution in [2.45, 2.75) is 52.0 Å². The molecule has 1 saturated heterocycles. The van der Waals surface area contributed by atoms with Gasteiger partial charge in [0.2, 0.25) is 0 Å². The fourth-order valence-corrected chi connectivity index (χ4v) is 3.07. The smallest absolute Gasteiger partial charge is 0.409 e. The zero-order valence-corrected chi connectivity index (χ0v) is 16.3. The molecule has 3 amide bonds. The van der Waals surface area contributed by atoms with Crippen molar-refractivity contribution in [3.8, 4) is 0 Å². The predicted molar refractivity (Wildman–Crippen MR) is 102 cm³/mol. The number of carbonyl (C=O) groups is 2. The lowest BCUT2D eigenvalue weighted by atomic mass is 9.84. The van der Waals surface area contributed by atoms with Crippen molar-refractivity contribution in [3.63, 3.8) is 0 Å². The van der Waals surface area contributed by atoms with Crippen molar-refractivity contribution in [2.75, 3.05) is 26.2 Å². The number of aryl methyl sites for hydroxylation is 1. The van der Waals surface area contributed by atoms with Crippen LogP contribution in [0.25, 0.3) is 0 Å². The summed E-state index contributed by atoms with van der Waals surface area (Å²) >= 11 is 0. The van der Waals surface area contributed by atoms with Gasteiger partial charge in [-0.3, -0.25) is 0 Å². The number of carbonyl (C=O) groups excluding carboxylic acids is 2. The molecular weight excluding hydrogens is 330 g/mol. The highest BCUT2D eigenvalue weighted by Crippen LogP contribution is 2.22. The van der Waals surface area contributed by atoms with E-state index in [9.17, 15) is 9.59 Å². The lowest BCUT2D eigenvalue weighted by Gasteiger charge is -2.32. The van der Waals surface area contributed by atoms with Crippen molar-refractivity contribution in [3.05, 3.63) is 35.4 Å². The monoisotopic (exact) mass is 361 g/mol. The zero-order chi connectivity index (χ0) is 19.2. The summed E-state index contributed by atoms with van der Waals surface area (Å²) in [5.41, 5.74) is 2.29. The van der Waals surface area contributed by atoms with Crippen LogP contribution in [0.15, 0.2) is 24.3 Å². The molecule has 2 rings (SSSR count). The largest absolute Gasteiger partial charge is 0.450 e. The Morgan fingerprint density at radius 3 is 2.38 bits per heavy atom. The topological polar surface area (TPSA) is 70.7 Å². The average molecular weight is 361 g/mol. The van der Waals surface area contributed by atoms with Gasteiger partial charge in [-0.2, -0.15) is 0 Å². The summed E-state index contributed by atoms with van der Waals surface area (Å²) in [6, 6.07) is 8.34. The van der Waals surface area contributed by atoms with Gasteiger partial charge in [-0.05, 0) is 32.3 Å². The summed E-state index contributed by atoms with van der Waals surface area (Å²) in [5.74, 6) is 0. The highest BCUT2D eigenvalue weighted by Gasteiger charge is 2.25. The van der Waals surface area contributed by atoms with Gasteiger partial charge in [-0.25, -0.2) is 9.59 Å². The fourth-order valence-electron chi connectivity index (χ4n) is 3.07. The number of nitrogens with zero attached hydrogens (tertiary/aromatic N) is 1. The summed E-state index contributed by atoms with van der Waals surface area (Å²) in [6.07, 6.45) is 1.22. The minimum Gasteiger partial charge on any atom is -0.450 e. The van der Waals surface area contributed by atoms with Gasteiger partial charge in [0, 0.05) is 31.1 Å². The quantitative estimate of drug-likeness (QED) is 0.846. The number of likely N-dealkylation sites (tertiary alicyclic amines) is 1. The van der Waals surface area contributed by atoms with Crippen molar-refractivity contribution < 1.29 is 14.3 Å². The highest BCUT2D eigenvalue weighted by atomic mass is 16.6. The number of nitrogens with one attached hydrogen (secondary N) is 2. The minimum absolute atomic E-state index is 0.0863. The Morgan fingerprint density at radius 1 is 1.19 bits per heavy atom. The highest BCUT2D eigenvalue weighted by molar-refractivity contribution is 5.74. The Hall–Kier alpha value is -2.24. The van der Waals surface area contributed by atoms with Gasteiger partial charge >= 0.3 is 12.1 Å². The number of rotatable bonds is 5. The Labute approximate surface area is 156 Å². The van der Waals surface area contributed by atoms with Crippen LogP contribution in [0.1, 0.15) is 44.7 Å². The van der Waals surface area contributed by atoms with Crippen LogP contribution in [-0.2, 0) is 10.2 Å². The molecule has 1 aliphatic rings. The van der Waals surface area contributed by atoms with Crippen molar-refractivity contribution in [1.82, 2.24) is 15.5 Å². The molecule has 0 atom stereocenters. The lowest BCUT2D eigenvalue weighted by Crippen LogP contribution is -2.50. The fraction of sp³-hybridized carbons (Fsp3) is 0.600. The third-order valence-electron chi connectivity index (χ3n) is 4.88. The number of piperidine rings is 1. The predicted octanol–water partition coefficient (Wildman–Crippen LogP) is 3.19. The van der Waals surface area contributed by atoms with E-state index in [-0.39, 0.29) is 23.6 Å². The maximum Gasteiger partial charge on any atom is 0.409 e. The van der Waals surface area contributed by atoms with E-state index in [4.69, 9.17) is 4.74 Å². The molecule has 1 heterocycles. The summed E-state index contributed by atoms with van der Waals surface area (Å²) in [6.45, 7) is 10.3. The van der Waals surface area contributed by atoms with Crippen molar-refractivity contribution >= 4 is 12.1 Å². The van der Waals surface area contributed by atoms with Crippen LogP contribution in [0.5, 0.6) is 0 Å². The first kappa shape index (κ1) is 20.1. The number of hydrogen-bond donors (Lipinski definition) is 2. The SMILES string of the molecule is CCOC(=O)N1CCC(NC(=O)NCC(C)(C)c2ccc(C)cc2)CC1. The van der Waals surface area contributed by atoms with E-state index in [1.165, 1.54) is 11.1 Å². The second-order valence-corrected chi connectivity index (χ2v) is 7.54. The molecule has 0 saturated carbocycles. The minimum atomic E-state index is -0.268. The van der Waals surface area contributed by atoms with Crippen LogP contribution >= 0.6 is 0 Å². The first-order valence-corrected chi connectivity index (χ1v) is 9.35. The molecule has 0 unspecified atom stereocenters. The summed E-state index contributed by atoms with van der Waals surface area (Å²) in [5, 5.41) is 6.00. The molecule has 2 N–H and O–H groups in total. The van der Waals surface area contributed by atoms with Crippen LogP contribution in [0.3, 0.4) is 0 Å². The summed E-state index contributed by atoms with van der Waals surface area (Å²) in [4.78, 5) is 25.6. The zero-order valence-electron chi connectivity index (χ0n) is 16.3. The van der Waals surface area contributed by atoms with Gasteiger partial charge in [-0.1, -0.05) is 43.7 Å². The standard InChI is InChI=1S/C20H31N3O3/c1-5-26-19(25)23-12-10-17(11-13-23)22-18(24)21-14-20(3,4)16-8-6-15(2)7-9-16/h6-9,17H,5,10-14H2,1-4H3,(H2,21,22,24). The molecule has 0 aliphatic carbocycles. The number of urea groups is 1. The molecule has 6 nitrogen and oxygen atoms in total. The molecule has 0 radical (unpaired) electrons. The maximum atomic E-state index is 12.2. The van der Waals surface area contributed by atoms with Crippen molar-refractivity contribution in [1.29, 1.82) is 0 Å². The molecule has 0 spiro atoms. The number of ether oxygens (including phenoxy) is 1. The van der Waals surface area contributed by atoms with Gasteiger partial charge in [0.05, 0.1) is 6.61 Å². The Kier molecular flexibility index (Phi) is 6.89. The summed E-state index contributed by atoms with van der Waals surface area (Å²) < 4.78 is 5.01. The van der Waals surface area contributed by atoms with E-state index in [0.717, 1.165) is 12.8 Å². The van der Waals surface area contributed by atoms with E-state index in [2.05, 4.69) is 55.7 Å². The number of hydrogen-bond acceptors (Lipinski definition) is 3. The van der Waals surface area contributed by atoms with Gasteiger partial charge in [0.25, 0.3) is 0 Å². The van der Waals surface area contributed by atoms with E-state index < -0.39 is 0 Å². The second-order valence-electron chi connectivity index (χ2n) is 7.54. The van der Waals surface area contributed by atoms with E-state index >= 15 is 0 Å². The van der Waals surface area contributed by atoms with Crippen molar-refractivity contribution in [2.24, 2.45) is 0 Å². The van der Waals surface area contributed by atoms with Crippen LogP contribution in [0.2, 0.25) is 0 Å². The first-order chi connectivity index (χ1) is 12.3. The molecule has 144 valence electrons. The molecule has 1 fully saturated rings. The Bertz CT molecular complexity index is 605. The molecule has 1 aliphatic heterocycles. The first-order valence-electron chi connectivity index (χ1n) is 9.35. The van der Waals surface area contributed by atoms with E-state index in [1.54, 1.807) is 11.8 Å². The third-order valence-corrected chi connectivity index (χ3v) is 4.88. The number of benzene rings is 1. The van der Waals surface area contributed by atoms with Gasteiger partial charge in [0.15, 0.2) is 0 Å². The maximum absolute atomic E-state index is 12.2. The van der Waals surface area contributed by atoms with Gasteiger partial charge in [0.1, 0.15) is 0 Å². The van der Waals surface area contributed by atoms with E-state index in [1.807, 2.05) is 0 Å². The Balaban J connectivity index is 1.75.